The van der Waals surface area contributed by atoms with Gasteiger partial charge in [0, 0.05) is 28.1 Å². The fourth-order valence-electron chi connectivity index (χ4n) is 3.02. The molecule has 0 aromatic carbocycles. The third-order valence-electron chi connectivity index (χ3n) is 4.24. The van der Waals surface area contributed by atoms with Gasteiger partial charge < -0.3 is 5.32 Å². The molecule has 1 rings (SSSR count). The zero-order chi connectivity index (χ0) is 15.4. The highest BCUT2D eigenvalue weighted by Gasteiger charge is 2.31. The van der Waals surface area contributed by atoms with Crippen LogP contribution in [-0.2, 0) is 4.79 Å². The van der Waals surface area contributed by atoms with Crippen molar-refractivity contribution in [1.29, 1.82) is 0 Å². The number of rotatable bonds is 8. The minimum atomic E-state index is -0.937. The second-order valence-corrected chi connectivity index (χ2v) is 20.3. The first-order valence-electron chi connectivity index (χ1n) is 8.37. The van der Waals surface area contributed by atoms with Gasteiger partial charge >= 0.3 is 0 Å². The van der Waals surface area contributed by atoms with Gasteiger partial charge in [-0.2, -0.15) is 0 Å². The Labute approximate surface area is 128 Å². The van der Waals surface area contributed by atoms with E-state index in [1.54, 1.807) is 0 Å². The molecule has 1 aliphatic heterocycles. The normalized spacial score (nSPS) is 24.0. The molecule has 0 unspecified atom stereocenters. The van der Waals surface area contributed by atoms with E-state index < -0.39 is 16.1 Å². The molecule has 4 heteroatoms. The summed E-state index contributed by atoms with van der Waals surface area (Å²) in [4.78, 5) is 12.0. The van der Waals surface area contributed by atoms with E-state index in [1.807, 2.05) is 0 Å². The molecule has 0 aliphatic carbocycles. The average Bonchev–Trinajstić information content (AvgIpc) is 2.56. The zero-order valence-corrected chi connectivity index (χ0v) is 16.5. The number of carbonyl (C=O) groups excluding carboxylic acids is 1. The molecular formula is C16H35NOSi2. The van der Waals surface area contributed by atoms with Crippen LogP contribution in [-0.4, -0.2) is 28.1 Å². The SMILES string of the molecule is C[Si](C)(C)CCC[C@H]1C[C@@H](CCC[Si](C)(C)C)C(=O)N1. The van der Waals surface area contributed by atoms with Crippen LogP contribution < -0.4 is 5.32 Å². The Balaban J connectivity index is 2.24. The van der Waals surface area contributed by atoms with E-state index in [-0.39, 0.29) is 0 Å². The van der Waals surface area contributed by atoms with E-state index in [4.69, 9.17) is 0 Å². The van der Waals surface area contributed by atoms with Crippen LogP contribution in [0, 0.1) is 5.92 Å². The van der Waals surface area contributed by atoms with Crippen molar-refractivity contribution in [2.24, 2.45) is 5.92 Å². The van der Waals surface area contributed by atoms with Crippen molar-refractivity contribution in [3.8, 4) is 0 Å². The van der Waals surface area contributed by atoms with Crippen molar-refractivity contribution in [2.45, 2.75) is 89.5 Å². The van der Waals surface area contributed by atoms with E-state index in [9.17, 15) is 4.79 Å². The number of amides is 1. The summed E-state index contributed by atoms with van der Waals surface area (Å²) < 4.78 is 0. The van der Waals surface area contributed by atoms with Crippen molar-refractivity contribution in [3.05, 3.63) is 0 Å². The van der Waals surface area contributed by atoms with Crippen molar-refractivity contribution in [3.63, 3.8) is 0 Å². The van der Waals surface area contributed by atoms with Crippen LogP contribution in [0.4, 0.5) is 0 Å². The molecule has 1 saturated heterocycles. The van der Waals surface area contributed by atoms with Crippen molar-refractivity contribution in [1.82, 2.24) is 5.32 Å². The molecule has 0 radical (unpaired) electrons. The highest BCUT2D eigenvalue weighted by atomic mass is 28.3. The molecule has 1 fully saturated rings. The summed E-state index contributed by atoms with van der Waals surface area (Å²) in [6, 6.07) is 3.22. The minimum Gasteiger partial charge on any atom is -0.353 e. The molecule has 2 nitrogen and oxygen atoms in total. The van der Waals surface area contributed by atoms with Crippen molar-refractivity contribution in [2.75, 3.05) is 0 Å². The largest absolute Gasteiger partial charge is 0.353 e. The Bertz CT molecular complexity index is 317. The molecule has 20 heavy (non-hydrogen) atoms. The van der Waals surface area contributed by atoms with Crippen LogP contribution >= 0.6 is 0 Å². The molecule has 1 N–H and O–H groups in total. The number of hydrogen-bond donors (Lipinski definition) is 1. The third-order valence-corrected chi connectivity index (χ3v) is 7.95. The summed E-state index contributed by atoms with van der Waals surface area (Å²) in [6.45, 7) is 14.5. The minimum absolute atomic E-state index is 0.309. The van der Waals surface area contributed by atoms with Crippen molar-refractivity contribution < 1.29 is 4.79 Å². The molecule has 1 heterocycles. The monoisotopic (exact) mass is 313 g/mol. The van der Waals surface area contributed by atoms with E-state index in [2.05, 4.69) is 44.6 Å². The predicted octanol–water partition coefficient (Wildman–Crippen LogP) is 4.73. The highest BCUT2D eigenvalue weighted by Crippen LogP contribution is 2.26. The number of hydrogen-bond acceptors (Lipinski definition) is 1. The Morgan fingerprint density at radius 1 is 0.950 bits per heavy atom. The van der Waals surface area contributed by atoms with Crippen LogP contribution in [0.15, 0.2) is 0 Å². The smallest absolute Gasteiger partial charge is 0.223 e. The summed E-state index contributed by atoms with van der Waals surface area (Å²) in [7, 11) is -1.85. The zero-order valence-electron chi connectivity index (χ0n) is 14.5. The van der Waals surface area contributed by atoms with Crippen LogP contribution in [0.3, 0.4) is 0 Å². The van der Waals surface area contributed by atoms with Gasteiger partial charge in [0.05, 0.1) is 0 Å². The second-order valence-electron chi connectivity index (χ2n) is 9.04. The Morgan fingerprint density at radius 2 is 1.45 bits per heavy atom. The summed E-state index contributed by atoms with van der Waals surface area (Å²) in [5.41, 5.74) is 0. The summed E-state index contributed by atoms with van der Waals surface area (Å²) >= 11 is 0. The molecule has 1 amide bonds. The maximum atomic E-state index is 12.0. The predicted molar refractivity (Wildman–Crippen MR) is 94.8 cm³/mol. The molecule has 0 aromatic rings. The lowest BCUT2D eigenvalue weighted by Crippen LogP contribution is -2.27. The molecule has 0 aromatic heterocycles. The summed E-state index contributed by atoms with van der Waals surface area (Å²) in [5.74, 6) is 0.641. The van der Waals surface area contributed by atoms with E-state index >= 15 is 0 Å². The summed E-state index contributed by atoms with van der Waals surface area (Å²) in [6.07, 6.45) is 5.94. The third kappa shape index (κ3) is 7.62. The van der Waals surface area contributed by atoms with Gasteiger partial charge in [0.15, 0.2) is 0 Å². The standard InChI is InChI=1S/C16H35NOSi2/c1-19(2,3)11-7-9-14-13-15(17-16(14)18)10-8-12-20(4,5)6/h14-15H,7-13H2,1-6H3,(H,17,18)/t14-,15+/m1/s1. The molecule has 0 saturated carbocycles. The molecule has 1 aliphatic rings. The molecule has 118 valence electrons. The fourth-order valence-corrected chi connectivity index (χ4v) is 5.55. The highest BCUT2D eigenvalue weighted by molar-refractivity contribution is 6.76. The number of nitrogens with one attached hydrogen (secondary N) is 1. The molecule has 0 bridgehead atoms. The molecule has 2 atom stereocenters. The Hall–Kier alpha value is -0.0962. The first-order valence-corrected chi connectivity index (χ1v) is 15.8. The lowest BCUT2D eigenvalue weighted by molar-refractivity contribution is -0.122. The van der Waals surface area contributed by atoms with Gasteiger partial charge in [-0.25, -0.2) is 0 Å². The van der Waals surface area contributed by atoms with Crippen LogP contribution in [0.2, 0.25) is 51.4 Å². The van der Waals surface area contributed by atoms with Gasteiger partial charge in [0.25, 0.3) is 0 Å². The first-order chi connectivity index (χ1) is 9.07. The van der Waals surface area contributed by atoms with Gasteiger partial charge in [0.2, 0.25) is 5.91 Å². The fraction of sp³-hybridized carbons (Fsp3) is 0.938. The maximum Gasteiger partial charge on any atom is 0.223 e. The van der Waals surface area contributed by atoms with Crippen LogP contribution in [0.5, 0.6) is 0 Å². The van der Waals surface area contributed by atoms with Gasteiger partial charge in [-0.05, 0) is 19.3 Å². The van der Waals surface area contributed by atoms with Crippen LogP contribution in [0.25, 0.3) is 0 Å². The second kappa shape index (κ2) is 7.25. The Kier molecular flexibility index (Phi) is 6.51. The number of carbonyl (C=O) groups is 1. The topological polar surface area (TPSA) is 29.1 Å². The summed E-state index contributed by atoms with van der Waals surface area (Å²) in [5, 5.41) is 3.23. The average molecular weight is 314 g/mol. The quantitative estimate of drug-likeness (QED) is 0.645. The lowest BCUT2D eigenvalue weighted by Gasteiger charge is -2.17. The van der Waals surface area contributed by atoms with E-state index in [1.165, 1.54) is 31.4 Å². The van der Waals surface area contributed by atoms with Gasteiger partial charge in [-0.3, -0.25) is 4.79 Å². The molecular weight excluding hydrogens is 278 g/mol. The van der Waals surface area contributed by atoms with E-state index in [0.29, 0.717) is 17.9 Å². The van der Waals surface area contributed by atoms with Crippen molar-refractivity contribution >= 4 is 22.1 Å². The maximum absolute atomic E-state index is 12.0. The molecule has 0 spiro atoms. The van der Waals surface area contributed by atoms with Crippen LogP contribution in [0.1, 0.15) is 32.1 Å². The van der Waals surface area contributed by atoms with Gasteiger partial charge in [-0.15, -0.1) is 0 Å². The van der Waals surface area contributed by atoms with Gasteiger partial charge in [0.1, 0.15) is 0 Å². The van der Waals surface area contributed by atoms with Gasteiger partial charge in [-0.1, -0.05) is 64.2 Å². The van der Waals surface area contributed by atoms with E-state index in [0.717, 1.165) is 12.8 Å². The first kappa shape index (κ1) is 18.0. The Morgan fingerprint density at radius 3 is 1.95 bits per heavy atom. The lowest BCUT2D eigenvalue weighted by atomic mass is 9.98.